The topological polar surface area (TPSA) is 113 Å². The first-order chi connectivity index (χ1) is 17.2. The molecule has 13 heteroatoms. The zero-order valence-corrected chi connectivity index (χ0v) is 20.2. The van der Waals surface area contributed by atoms with Gasteiger partial charge in [0.15, 0.2) is 34.4 Å². The lowest BCUT2D eigenvalue weighted by molar-refractivity contribution is -0.170. The van der Waals surface area contributed by atoms with Crippen LogP contribution in [0.3, 0.4) is 0 Å². The van der Waals surface area contributed by atoms with E-state index in [1.54, 1.807) is 10.7 Å². The Morgan fingerprint density at radius 1 is 1.22 bits per heavy atom. The largest absolute Gasteiger partial charge is 0.368 e. The number of benzene rings is 1. The van der Waals surface area contributed by atoms with E-state index in [2.05, 4.69) is 25.6 Å². The summed E-state index contributed by atoms with van der Waals surface area (Å²) in [7, 11) is 0. The Hall–Kier alpha value is -2.80. The molecule has 1 aromatic carbocycles. The first-order valence-electron chi connectivity index (χ1n) is 11.6. The highest BCUT2D eigenvalue weighted by molar-refractivity contribution is 6.28. The Morgan fingerprint density at radius 3 is 2.81 bits per heavy atom. The number of carbonyl (C=O) groups excluding carboxylic acids is 1. The molecule has 6 atom stereocenters. The molecule has 6 rings (SSSR count). The van der Waals surface area contributed by atoms with Gasteiger partial charge in [-0.1, -0.05) is 11.3 Å². The van der Waals surface area contributed by atoms with E-state index in [0.717, 1.165) is 6.07 Å². The van der Waals surface area contributed by atoms with Crippen molar-refractivity contribution < 1.29 is 27.8 Å². The second kappa shape index (κ2) is 8.65. The van der Waals surface area contributed by atoms with Crippen LogP contribution in [0.5, 0.6) is 0 Å². The number of ether oxygens (including phenoxy) is 3. The highest BCUT2D eigenvalue weighted by atomic mass is 35.5. The number of nitrogens with one attached hydrogen (secondary N) is 1. The molecule has 0 unspecified atom stereocenters. The molecule has 3 heterocycles. The molecular weight excluding hydrogens is 498 g/mol. The molecule has 1 aliphatic heterocycles. The molecule has 0 radical (unpaired) electrons. The third kappa shape index (κ3) is 4.11. The summed E-state index contributed by atoms with van der Waals surface area (Å²) in [6, 6.07) is 3.54. The fraction of sp³-hybridized carbons (Fsp3) is 0.522. The maximum absolute atomic E-state index is 13.7. The molecule has 0 bridgehead atoms. The van der Waals surface area contributed by atoms with Crippen LogP contribution in [0.4, 0.5) is 14.6 Å². The molecule has 36 heavy (non-hydrogen) atoms. The van der Waals surface area contributed by atoms with Crippen molar-refractivity contribution in [3.63, 3.8) is 0 Å². The summed E-state index contributed by atoms with van der Waals surface area (Å²) in [6.45, 7) is 3.59. The summed E-state index contributed by atoms with van der Waals surface area (Å²) in [5.74, 6) is -2.18. The molecule has 2 saturated carbocycles. The Bertz CT molecular complexity index is 1340. The van der Waals surface area contributed by atoms with Gasteiger partial charge < -0.3 is 24.3 Å². The van der Waals surface area contributed by atoms with Gasteiger partial charge in [-0.25, -0.2) is 13.5 Å². The Labute approximate surface area is 209 Å². The van der Waals surface area contributed by atoms with Gasteiger partial charge in [-0.3, -0.25) is 0 Å². The van der Waals surface area contributed by atoms with Gasteiger partial charge in [0.05, 0.1) is 12.1 Å². The summed E-state index contributed by atoms with van der Waals surface area (Å²) in [6.07, 6.45) is 0.734. The number of halogens is 3. The van der Waals surface area contributed by atoms with Gasteiger partial charge >= 0.3 is 0 Å². The van der Waals surface area contributed by atoms with Crippen LogP contribution < -0.4 is 5.32 Å². The van der Waals surface area contributed by atoms with E-state index >= 15 is 0 Å². The van der Waals surface area contributed by atoms with Crippen molar-refractivity contribution in [2.45, 2.75) is 68.8 Å². The molecule has 3 aliphatic rings. The molecule has 2 aliphatic carbocycles. The van der Waals surface area contributed by atoms with E-state index in [-0.39, 0.29) is 42.1 Å². The minimum atomic E-state index is -0.877. The average molecular weight is 521 g/mol. The summed E-state index contributed by atoms with van der Waals surface area (Å²) in [4.78, 5) is 19.6. The molecule has 1 saturated heterocycles. The standard InChI is InChI=1S/C23H23ClF2N6O4/c1-23(2)35-18-15(9-16(19(18)36-23)34-6-5-33)32-21-17(30-31-32)20(28-22(24)29-21)27-14-8-11(14)10-3-4-12(25)13(26)7-10/h3-5,7,11,14-16,18-19H,6,8-9H2,1-2H3,(H,27,28,29)/t11-,14+,15+,16-,18-,19+/m0/s1. The molecular formula is C23H23ClF2N6O4. The number of anilines is 1. The van der Waals surface area contributed by atoms with Gasteiger partial charge in [0.2, 0.25) is 5.28 Å². The number of hydrogen-bond donors (Lipinski definition) is 1. The van der Waals surface area contributed by atoms with Gasteiger partial charge in [-0.05, 0) is 49.6 Å². The van der Waals surface area contributed by atoms with Crippen LogP contribution in [0.1, 0.15) is 44.2 Å². The highest BCUT2D eigenvalue weighted by Gasteiger charge is 2.56. The number of aromatic nitrogens is 5. The minimum Gasteiger partial charge on any atom is -0.368 e. The summed E-state index contributed by atoms with van der Waals surface area (Å²) >= 11 is 6.27. The first kappa shape index (κ1) is 23.6. The second-order valence-corrected chi connectivity index (χ2v) is 10.1. The van der Waals surface area contributed by atoms with Crippen LogP contribution in [0, 0.1) is 11.6 Å². The molecule has 0 amide bonds. The van der Waals surface area contributed by atoms with E-state index in [4.69, 9.17) is 25.8 Å². The zero-order valence-electron chi connectivity index (χ0n) is 19.4. The van der Waals surface area contributed by atoms with Crippen LogP contribution in [0.15, 0.2) is 18.2 Å². The third-order valence-corrected chi connectivity index (χ3v) is 7.03. The van der Waals surface area contributed by atoms with Crippen LogP contribution in [-0.2, 0) is 19.0 Å². The van der Waals surface area contributed by atoms with Crippen molar-refractivity contribution in [3.8, 4) is 0 Å². The quantitative estimate of drug-likeness (QED) is 0.370. The van der Waals surface area contributed by atoms with Gasteiger partial charge in [-0.2, -0.15) is 9.97 Å². The Morgan fingerprint density at radius 2 is 2.03 bits per heavy atom. The van der Waals surface area contributed by atoms with E-state index in [1.807, 2.05) is 13.8 Å². The maximum atomic E-state index is 13.7. The number of hydrogen-bond acceptors (Lipinski definition) is 9. The van der Waals surface area contributed by atoms with Gasteiger partial charge in [0.25, 0.3) is 0 Å². The Balaban J connectivity index is 1.28. The van der Waals surface area contributed by atoms with E-state index in [0.29, 0.717) is 41.7 Å². The SMILES string of the molecule is CC1(C)O[C@@H]2[C@H](O1)[C@@H](OCC=O)C[C@H]2n1nnc2c(N[C@@H]3C[C@H]3c3ccc(F)c(F)c3)nc(Cl)nc21. The van der Waals surface area contributed by atoms with E-state index in [9.17, 15) is 13.6 Å². The number of carbonyl (C=O) groups is 1. The van der Waals surface area contributed by atoms with Crippen molar-refractivity contribution in [2.24, 2.45) is 0 Å². The fourth-order valence-electron chi connectivity index (χ4n) is 5.24. The van der Waals surface area contributed by atoms with Crippen molar-refractivity contribution >= 4 is 34.9 Å². The lowest BCUT2D eigenvalue weighted by Gasteiger charge is -2.23. The Kier molecular flexibility index (Phi) is 5.67. The maximum Gasteiger partial charge on any atom is 0.226 e. The molecule has 2 aromatic heterocycles. The molecule has 3 aromatic rings. The lowest BCUT2D eigenvalue weighted by atomic mass is 10.1. The molecule has 190 valence electrons. The van der Waals surface area contributed by atoms with Crippen LogP contribution in [0.25, 0.3) is 11.2 Å². The molecule has 1 N–H and O–H groups in total. The number of aldehydes is 1. The fourth-order valence-corrected chi connectivity index (χ4v) is 5.41. The van der Waals surface area contributed by atoms with Crippen molar-refractivity contribution in [3.05, 3.63) is 40.7 Å². The van der Waals surface area contributed by atoms with Gasteiger partial charge in [-0.15, -0.1) is 5.10 Å². The smallest absolute Gasteiger partial charge is 0.226 e. The average Bonchev–Trinajstić information content (AvgIpc) is 3.16. The van der Waals surface area contributed by atoms with Crippen LogP contribution in [0.2, 0.25) is 5.28 Å². The van der Waals surface area contributed by atoms with E-state index in [1.165, 1.54) is 6.07 Å². The highest BCUT2D eigenvalue weighted by Crippen LogP contribution is 2.46. The predicted molar refractivity (Wildman–Crippen MR) is 123 cm³/mol. The van der Waals surface area contributed by atoms with E-state index < -0.39 is 23.5 Å². The van der Waals surface area contributed by atoms with Gasteiger partial charge in [0.1, 0.15) is 25.1 Å². The zero-order chi connectivity index (χ0) is 25.2. The monoisotopic (exact) mass is 520 g/mol. The summed E-state index contributed by atoms with van der Waals surface area (Å²) in [5, 5.41) is 12.0. The third-order valence-electron chi connectivity index (χ3n) is 6.86. The number of nitrogens with zero attached hydrogens (tertiary/aromatic N) is 5. The molecule has 10 nitrogen and oxygen atoms in total. The summed E-state index contributed by atoms with van der Waals surface area (Å²) < 4.78 is 46.5. The van der Waals surface area contributed by atoms with Crippen LogP contribution in [-0.4, -0.2) is 68.0 Å². The van der Waals surface area contributed by atoms with Crippen molar-refractivity contribution in [2.75, 3.05) is 11.9 Å². The first-order valence-corrected chi connectivity index (χ1v) is 12.0. The van der Waals surface area contributed by atoms with Gasteiger partial charge in [0, 0.05) is 18.4 Å². The van der Waals surface area contributed by atoms with Crippen LogP contribution >= 0.6 is 11.6 Å². The molecule has 0 spiro atoms. The number of fused-ring (bicyclic) bond motifs is 2. The normalized spacial score (nSPS) is 30.5. The predicted octanol–water partition coefficient (Wildman–Crippen LogP) is 3.17. The minimum absolute atomic E-state index is 0.00322. The summed E-state index contributed by atoms with van der Waals surface area (Å²) in [5.41, 5.74) is 1.53. The van der Waals surface area contributed by atoms with Crippen molar-refractivity contribution in [1.29, 1.82) is 0 Å². The number of rotatable bonds is 7. The second-order valence-electron chi connectivity index (χ2n) is 9.72. The molecule has 3 fully saturated rings. The van der Waals surface area contributed by atoms with Crippen molar-refractivity contribution in [1.82, 2.24) is 25.0 Å². The lowest BCUT2D eigenvalue weighted by Crippen LogP contribution is -2.31.